The van der Waals surface area contributed by atoms with E-state index in [-0.39, 0.29) is 17.5 Å². The maximum Gasteiger partial charge on any atom is 0.264 e. The fourth-order valence-corrected chi connectivity index (χ4v) is 9.76. The van der Waals surface area contributed by atoms with Crippen LogP contribution in [0.25, 0.3) is 33.8 Å². The summed E-state index contributed by atoms with van der Waals surface area (Å²) < 4.78 is 37.5. The second-order valence-electron chi connectivity index (χ2n) is 15.2. The monoisotopic (exact) mass is 724 g/mol. The predicted molar refractivity (Wildman–Crippen MR) is 203 cm³/mol. The molecule has 11 nitrogen and oxygen atoms in total. The number of hydrogen-bond donors (Lipinski definition) is 1. The SMILES string of the molecule is CCN1CC2C[C@@H]1CN2C(=O)c1cnn(C)c1C1=Cc2cc(OC)ccc2-c2c(C3CCCCC3)c3ccc(C(=O)NS(=O)(=O)C(C)C)cc3n2C1. The zero-order valence-electron chi connectivity index (χ0n) is 30.7. The van der Waals surface area contributed by atoms with Crippen LogP contribution in [0.2, 0.25) is 0 Å². The third kappa shape index (κ3) is 5.74. The number of aryl methyl sites for hydroxylation is 1. The number of rotatable bonds is 8. The van der Waals surface area contributed by atoms with Crippen molar-refractivity contribution >= 4 is 44.4 Å². The highest BCUT2D eigenvalue weighted by atomic mass is 32.2. The molecule has 0 spiro atoms. The first-order valence-electron chi connectivity index (χ1n) is 18.7. The number of carbonyl (C=O) groups excluding carboxylic acids is 2. The molecule has 52 heavy (non-hydrogen) atoms. The zero-order chi connectivity index (χ0) is 36.5. The van der Waals surface area contributed by atoms with Gasteiger partial charge < -0.3 is 14.2 Å². The summed E-state index contributed by atoms with van der Waals surface area (Å²) in [5.41, 5.74) is 7.77. The van der Waals surface area contributed by atoms with Gasteiger partial charge in [0.05, 0.1) is 42.1 Å². The number of hydrogen-bond acceptors (Lipinski definition) is 7. The lowest BCUT2D eigenvalue weighted by Gasteiger charge is -2.33. The molecule has 2 saturated heterocycles. The van der Waals surface area contributed by atoms with Crippen LogP contribution in [0.3, 0.4) is 0 Å². The van der Waals surface area contributed by atoms with E-state index in [0.717, 1.165) is 96.5 Å². The van der Waals surface area contributed by atoms with Crippen LogP contribution >= 0.6 is 0 Å². The molecule has 12 heteroatoms. The average Bonchev–Trinajstić information content (AvgIpc) is 3.90. The van der Waals surface area contributed by atoms with Gasteiger partial charge in [-0.05, 0) is 98.7 Å². The molecule has 1 unspecified atom stereocenters. The normalized spacial score (nSPS) is 20.6. The molecular formula is C40H48N6O5S. The summed E-state index contributed by atoms with van der Waals surface area (Å²) in [6, 6.07) is 12.3. The Bertz CT molecular complexity index is 2230. The van der Waals surface area contributed by atoms with Gasteiger partial charge in [0.15, 0.2) is 0 Å². The number of fused-ring (bicyclic) bond motifs is 7. The number of aromatic nitrogens is 3. The number of benzene rings is 2. The molecular weight excluding hydrogens is 677 g/mol. The van der Waals surface area contributed by atoms with Crippen molar-refractivity contribution in [2.45, 2.75) is 89.1 Å². The molecule has 2 amide bonds. The Labute approximate surface area is 305 Å². The van der Waals surface area contributed by atoms with Gasteiger partial charge in [0, 0.05) is 54.3 Å². The Morgan fingerprint density at radius 3 is 2.50 bits per heavy atom. The highest BCUT2D eigenvalue weighted by molar-refractivity contribution is 7.90. The fourth-order valence-electron chi connectivity index (χ4n) is 9.15. The van der Waals surface area contributed by atoms with Crippen molar-refractivity contribution in [1.82, 2.24) is 28.9 Å². The second-order valence-corrected chi connectivity index (χ2v) is 17.4. The second kappa shape index (κ2) is 13.2. The molecule has 3 fully saturated rings. The van der Waals surface area contributed by atoms with Gasteiger partial charge in [-0.25, -0.2) is 13.1 Å². The van der Waals surface area contributed by atoms with Crippen molar-refractivity contribution in [2.75, 3.05) is 26.7 Å². The van der Waals surface area contributed by atoms with Crippen LogP contribution in [-0.4, -0.2) is 88.5 Å². The third-order valence-electron chi connectivity index (χ3n) is 11.9. The standard InChI is InChI=1S/C40H48N6O5S/c1-6-44-22-30-19-29(44)23-45(30)40(48)34-20-41-43(4)37(34)28-16-27-17-31(51-5)13-15-32(27)38-36(25-10-8-7-9-11-25)33-14-12-26(18-35(33)46(38)21-28)39(47)42-52(49,50)24(2)3/h12-18,20,24-25,29-30H,6-11,19,21-23H2,1-5H3,(H,42,47)/t29-,30?/m1/s1. The average molecular weight is 725 g/mol. The topological polar surface area (TPSA) is 119 Å². The van der Waals surface area contributed by atoms with Crippen molar-refractivity contribution < 1.29 is 22.7 Å². The van der Waals surface area contributed by atoms with Crippen molar-refractivity contribution in [3.05, 3.63) is 70.5 Å². The minimum atomic E-state index is -3.83. The van der Waals surface area contributed by atoms with Gasteiger partial charge >= 0.3 is 0 Å². The van der Waals surface area contributed by atoms with Gasteiger partial charge in [-0.15, -0.1) is 0 Å². The van der Waals surface area contributed by atoms with E-state index in [9.17, 15) is 18.0 Å². The number of allylic oxidation sites excluding steroid dienone is 1. The number of likely N-dealkylation sites (tertiary alicyclic amines) is 2. The first kappa shape index (κ1) is 34.7. The quantitative estimate of drug-likeness (QED) is 0.236. The van der Waals surface area contributed by atoms with Gasteiger partial charge in [-0.1, -0.05) is 32.3 Å². The smallest absolute Gasteiger partial charge is 0.264 e. The molecule has 2 bridgehead atoms. The number of carbonyl (C=O) groups is 2. The van der Waals surface area contributed by atoms with E-state index in [4.69, 9.17) is 4.74 Å². The zero-order valence-corrected chi connectivity index (χ0v) is 31.5. The van der Waals surface area contributed by atoms with Crippen LogP contribution in [0.4, 0.5) is 0 Å². The van der Waals surface area contributed by atoms with Crippen LogP contribution in [0, 0.1) is 0 Å². The van der Waals surface area contributed by atoms with Gasteiger partial charge in [0.25, 0.3) is 11.8 Å². The van der Waals surface area contributed by atoms with Gasteiger partial charge in [0.2, 0.25) is 10.0 Å². The number of sulfonamides is 1. The number of nitrogens with one attached hydrogen (secondary N) is 1. The van der Waals surface area contributed by atoms with E-state index < -0.39 is 21.2 Å². The van der Waals surface area contributed by atoms with E-state index in [1.807, 2.05) is 30.1 Å². The van der Waals surface area contributed by atoms with E-state index in [2.05, 4.69) is 44.4 Å². The Morgan fingerprint density at radius 2 is 1.81 bits per heavy atom. The lowest BCUT2D eigenvalue weighted by atomic mass is 9.81. The molecule has 274 valence electrons. The molecule has 2 aromatic carbocycles. The van der Waals surface area contributed by atoms with Gasteiger partial charge in [0.1, 0.15) is 5.75 Å². The van der Waals surface area contributed by atoms with Crippen LogP contribution in [0.1, 0.15) is 103 Å². The van der Waals surface area contributed by atoms with Crippen molar-refractivity contribution in [3.8, 4) is 17.0 Å². The lowest BCUT2D eigenvalue weighted by molar-refractivity contribution is 0.0630. The van der Waals surface area contributed by atoms with E-state index in [1.54, 1.807) is 37.9 Å². The molecule has 3 aliphatic heterocycles. The van der Waals surface area contributed by atoms with Crippen molar-refractivity contribution in [2.24, 2.45) is 7.05 Å². The first-order valence-corrected chi connectivity index (χ1v) is 20.2. The van der Waals surface area contributed by atoms with Crippen LogP contribution < -0.4 is 9.46 Å². The van der Waals surface area contributed by atoms with Gasteiger partial charge in [-0.2, -0.15) is 5.10 Å². The Kier molecular flexibility index (Phi) is 8.81. The largest absolute Gasteiger partial charge is 0.497 e. The number of piperazine rings is 1. The summed E-state index contributed by atoms with van der Waals surface area (Å²) in [6.07, 6.45) is 10.5. The first-order chi connectivity index (χ1) is 25.0. The Morgan fingerprint density at radius 1 is 1.02 bits per heavy atom. The minimum absolute atomic E-state index is 0.00756. The summed E-state index contributed by atoms with van der Waals surface area (Å²) >= 11 is 0. The number of ether oxygens (including phenoxy) is 1. The summed E-state index contributed by atoms with van der Waals surface area (Å²) in [6.45, 7) is 8.31. The number of amides is 2. The predicted octanol–water partition coefficient (Wildman–Crippen LogP) is 6.04. The maximum absolute atomic E-state index is 14.4. The Balaban J connectivity index is 1.30. The third-order valence-corrected chi connectivity index (χ3v) is 13.6. The fraction of sp³-hybridized carbons (Fsp3) is 0.475. The minimum Gasteiger partial charge on any atom is -0.497 e. The summed E-state index contributed by atoms with van der Waals surface area (Å²) in [4.78, 5) is 32.4. The van der Waals surface area contributed by atoms with Crippen LogP contribution in [-0.2, 0) is 23.6 Å². The molecule has 1 saturated carbocycles. The van der Waals surface area contributed by atoms with E-state index >= 15 is 0 Å². The summed E-state index contributed by atoms with van der Waals surface area (Å²) in [5, 5.41) is 4.96. The number of likely N-dealkylation sites (N-methyl/N-ethyl adjacent to an activating group) is 1. The van der Waals surface area contributed by atoms with Gasteiger partial charge in [-0.3, -0.25) is 19.2 Å². The van der Waals surface area contributed by atoms with E-state index in [1.165, 1.54) is 12.0 Å². The van der Waals surface area contributed by atoms with Crippen molar-refractivity contribution in [3.63, 3.8) is 0 Å². The molecule has 1 aliphatic carbocycles. The summed E-state index contributed by atoms with van der Waals surface area (Å²) in [5.74, 6) is 0.416. The molecule has 5 heterocycles. The molecule has 0 radical (unpaired) electrons. The molecule has 2 aromatic heterocycles. The summed E-state index contributed by atoms with van der Waals surface area (Å²) in [7, 11) is -0.272. The molecule has 2 atom stereocenters. The highest BCUT2D eigenvalue weighted by Gasteiger charge is 2.45. The van der Waals surface area contributed by atoms with Crippen LogP contribution in [0.5, 0.6) is 5.75 Å². The highest BCUT2D eigenvalue weighted by Crippen LogP contribution is 2.48. The lowest BCUT2D eigenvalue weighted by Crippen LogP contribution is -2.48. The number of methoxy groups -OCH3 is 1. The van der Waals surface area contributed by atoms with Crippen molar-refractivity contribution in [1.29, 1.82) is 0 Å². The maximum atomic E-state index is 14.4. The molecule has 1 N–H and O–H groups in total. The van der Waals surface area contributed by atoms with E-state index in [0.29, 0.717) is 24.1 Å². The molecule has 8 rings (SSSR count). The molecule has 4 aromatic rings. The Hall–Kier alpha value is -4.42. The molecule has 4 aliphatic rings. The van der Waals surface area contributed by atoms with Crippen LogP contribution in [0.15, 0.2) is 42.6 Å². The number of nitrogens with zero attached hydrogens (tertiary/aromatic N) is 5.